The molecule has 0 aliphatic carbocycles. The van der Waals surface area contributed by atoms with Crippen LogP contribution < -0.4 is 5.32 Å². The van der Waals surface area contributed by atoms with Gasteiger partial charge in [0.15, 0.2) is 0 Å². The summed E-state index contributed by atoms with van der Waals surface area (Å²) in [5.74, 6) is 1.55. The van der Waals surface area contributed by atoms with Crippen LogP contribution in [-0.4, -0.2) is 32.4 Å². The number of nitrogens with zero attached hydrogens (tertiary/aromatic N) is 1. The summed E-state index contributed by atoms with van der Waals surface area (Å²) in [5, 5.41) is 3.03. The SMILES string of the molecule is CNCc1c(C)oc(C)c1S(=O)(=O)N1CCCC(C)C1C. The van der Waals surface area contributed by atoms with Gasteiger partial charge in [-0.2, -0.15) is 4.31 Å². The van der Waals surface area contributed by atoms with Gasteiger partial charge in [0.1, 0.15) is 16.4 Å². The fraction of sp³-hybridized carbons (Fsp3) is 0.733. The van der Waals surface area contributed by atoms with Gasteiger partial charge >= 0.3 is 0 Å². The summed E-state index contributed by atoms with van der Waals surface area (Å²) >= 11 is 0. The molecule has 1 aromatic heterocycles. The summed E-state index contributed by atoms with van der Waals surface area (Å²) in [6.45, 7) is 8.76. The Labute approximate surface area is 127 Å². The van der Waals surface area contributed by atoms with Crippen LogP contribution in [0.3, 0.4) is 0 Å². The Hall–Kier alpha value is -0.850. The third-order valence-corrected chi connectivity index (χ3v) is 6.74. The number of furan rings is 1. The Morgan fingerprint density at radius 1 is 1.29 bits per heavy atom. The Bertz CT molecular complexity index is 607. The van der Waals surface area contributed by atoms with Gasteiger partial charge in [0.2, 0.25) is 10.0 Å². The van der Waals surface area contributed by atoms with E-state index in [0.29, 0.717) is 35.4 Å². The van der Waals surface area contributed by atoms with Crippen molar-refractivity contribution >= 4 is 10.0 Å². The van der Waals surface area contributed by atoms with Crippen molar-refractivity contribution in [3.05, 3.63) is 17.1 Å². The van der Waals surface area contributed by atoms with Gasteiger partial charge in [0.25, 0.3) is 0 Å². The normalized spacial score (nSPS) is 24.4. The van der Waals surface area contributed by atoms with Crippen molar-refractivity contribution in [3.8, 4) is 0 Å². The molecule has 1 aliphatic heterocycles. The maximum atomic E-state index is 13.1. The van der Waals surface area contributed by atoms with E-state index in [0.717, 1.165) is 18.4 Å². The van der Waals surface area contributed by atoms with Crippen LogP contribution in [0.25, 0.3) is 0 Å². The van der Waals surface area contributed by atoms with E-state index in [1.165, 1.54) is 0 Å². The molecule has 2 unspecified atom stereocenters. The van der Waals surface area contributed by atoms with Crippen LogP contribution in [-0.2, 0) is 16.6 Å². The van der Waals surface area contributed by atoms with Crippen LogP contribution >= 0.6 is 0 Å². The third kappa shape index (κ3) is 2.89. The second-order valence-corrected chi connectivity index (χ2v) is 7.86. The van der Waals surface area contributed by atoms with Crippen molar-refractivity contribution in [1.29, 1.82) is 0 Å². The number of aryl methyl sites for hydroxylation is 2. The van der Waals surface area contributed by atoms with Crippen LogP contribution in [0.5, 0.6) is 0 Å². The van der Waals surface area contributed by atoms with Crippen molar-refractivity contribution in [2.45, 2.75) is 58.0 Å². The molecule has 2 rings (SSSR count). The number of rotatable bonds is 4. The highest BCUT2D eigenvalue weighted by Gasteiger charge is 2.38. The lowest BCUT2D eigenvalue weighted by atomic mass is 9.94. The van der Waals surface area contributed by atoms with Gasteiger partial charge in [0, 0.05) is 24.7 Å². The van der Waals surface area contributed by atoms with Crippen molar-refractivity contribution < 1.29 is 12.8 Å². The zero-order chi connectivity index (χ0) is 15.8. The van der Waals surface area contributed by atoms with Crippen LogP contribution in [0.1, 0.15) is 43.8 Å². The van der Waals surface area contributed by atoms with E-state index in [2.05, 4.69) is 12.2 Å². The van der Waals surface area contributed by atoms with Crippen LogP contribution in [0.4, 0.5) is 0 Å². The van der Waals surface area contributed by atoms with Crippen molar-refractivity contribution in [1.82, 2.24) is 9.62 Å². The van der Waals surface area contributed by atoms with Gasteiger partial charge in [-0.15, -0.1) is 0 Å². The highest BCUT2D eigenvalue weighted by molar-refractivity contribution is 7.89. The Kier molecular flexibility index (Phi) is 4.80. The van der Waals surface area contributed by atoms with Crippen LogP contribution in [0.2, 0.25) is 0 Å². The molecule has 1 fully saturated rings. The maximum absolute atomic E-state index is 13.1. The highest BCUT2D eigenvalue weighted by atomic mass is 32.2. The number of sulfonamides is 1. The largest absolute Gasteiger partial charge is 0.465 e. The molecule has 1 aliphatic rings. The lowest BCUT2D eigenvalue weighted by molar-refractivity contribution is 0.202. The van der Waals surface area contributed by atoms with Gasteiger partial charge in [-0.3, -0.25) is 0 Å². The molecular weight excluding hydrogens is 288 g/mol. The van der Waals surface area contributed by atoms with Gasteiger partial charge in [0.05, 0.1) is 0 Å². The van der Waals surface area contributed by atoms with Gasteiger partial charge in [-0.1, -0.05) is 6.92 Å². The molecule has 0 saturated carbocycles. The van der Waals surface area contributed by atoms with Gasteiger partial charge < -0.3 is 9.73 Å². The van der Waals surface area contributed by atoms with E-state index in [1.54, 1.807) is 11.2 Å². The first-order chi connectivity index (χ1) is 9.80. The summed E-state index contributed by atoms with van der Waals surface area (Å²) in [4.78, 5) is 0.357. The fourth-order valence-electron chi connectivity index (χ4n) is 3.18. The molecule has 2 atom stereocenters. The zero-order valence-corrected chi connectivity index (χ0v) is 14.4. The van der Waals surface area contributed by atoms with Crippen LogP contribution in [0, 0.1) is 19.8 Å². The minimum absolute atomic E-state index is 0.0285. The quantitative estimate of drug-likeness (QED) is 0.927. The predicted octanol–water partition coefficient (Wildman–Crippen LogP) is 2.42. The summed E-state index contributed by atoms with van der Waals surface area (Å²) in [5.41, 5.74) is 0.750. The summed E-state index contributed by atoms with van der Waals surface area (Å²) in [6, 6.07) is 0.0285. The van der Waals surface area contributed by atoms with E-state index < -0.39 is 10.0 Å². The first-order valence-corrected chi connectivity index (χ1v) is 9.00. The molecule has 0 radical (unpaired) electrons. The second-order valence-electron chi connectivity index (χ2n) is 6.03. The molecule has 0 aromatic carbocycles. The van der Waals surface area contributed by atoms with Gasteiger partial charge in [-0.25, -0.2) is 8.42 Å². The molecule has 1 saturated heterocycles. The van der Waals surface area contributed by atoms with E-state index in [1.807, 2.05) is 20.9 Å². The summed E-state index contributed by atoms with van der Waals surface area (Å²) < 4.78 is 33.5. The Balaban J connectivity index is 2.49. The van der Waals surface area contributed by atoms with Crippen molar-refractivity contribution in [3.63, 3.8) is 0 Å². The summed E-state index contributed by atoms with van der Waals surface area (Å²) in [7, 11) is -1.70. The Morgan fingerprint density at radius 3 is 2.57 bits per heavy atom. The molecule has 120 valence electrons. The zero-order valence-electron chi connectivity index (χ0n) is 13.6. The van der Waals surface area contributed by atoms with E-state index in [4.69, 9.17) is 4.42 Å². The predicted molar refractivity (Wildman–Crippen MR) is 82.7 cm³/mol. The number of hydrogen-bond donors (Lipinski definition) is 1. The minimum atomic E-state index is -3.51. The number of piperidine rings is 1. The minimum Gasteiger partial charge on any atom is -0.465 e. The van der Waals surface area contributed by atoms with E-state index in [9.17, 15) is 8.42 Å². The molecule has 0 bridgehead atoms. The molecule has 2 heterocycles. The molecule has 21 heavy (non-hydrogen) atoms. The molecular formula is C15H26N2O3S. The first kappa shape index (κ1) is 16.5. The van der Waals surface area contributed by atoms with Gasteiger partial charge in [-0.05, 0) is 46.6 Å². The maximum Gasteiger partial charge on any atom is 0.247 e. The average Bonchev–Trinajstić information content (AvgIpc) is 2.68. The molecule has 6 heteroatoms. The van der Waals surface area contributed by atoms with E-state index >= 15 is 0 Å². The average molecular weight is 314 g/mol. The number of hydrogen-bond acceptors (Lipinski definition) is 4. The highest BCUT2D eigenvalue weighted by Crippen LogP contribution is 2.34. The van der Waals surface area contributed by atoms with E-state index in [-0.39, 0.29) is 6.04 Å². The summed E-state index contributed by atoms with van der Waals surface area (Å²) in [6.07, 6.45) is 2.00. The van der Waals surface area contributed by atoms with Crippen molar-refractivity contribution in [2.24, 2.45) is 5.92 Å². The molecule has 0 amide bonds. The smallest absolute Gasteiger partial charge is 0.247 e. The van der Waals surface area contributed by atoms with Crippen LogP contribution in [0.15, 0.2) is 9.31 Å². The second kappa shape index (κ2) is 6.10. The molecule has 0 spiro atoms. The standard InChI is InChI=1S/C15H26N2O3S/c1-10-7-6-8-17(11(10)2)21(18,19)15-13(4)20-12(3)14(15)9-16-5/h10-11,16H,6-9H2,1-5H3. The lowest BCUT2D eigenvalue weighted by Crippen LogP contribution is -2.46. The lowest BCUT2D eigenvalue weighted by Gasteiger charge is -2.36. The number of nitrogens with one attached hydrogen (secondary N) is 1. The molecule has 1 aromatic rings. The third-order valence-electron chi connectivity index (χ3n) is 4.56. The van der Waals surface area contributed by atoms with Crippen molar-refractivity contribution in [2.75, 3.05) is 13.6 Å². The molecule has 1 N–H and O–H groups in total. The fourth-order valence-corrected chi connectivity index (χ4v) is 5.36. The molecule has 5 nitrogen and oxygen atoms in total. The first-order valence-electron chi connectivity index (χ1n) is 7.56. The Morgan fingerprint density at radius 2 is 1.95 bits per heavy atom. The topological polar surface area (TPSA) is 62.6 Å². The monoisotopic (exact) mass is 314 g/mol.